The topological polar surface area (TPSA) is 40.5 Å². The van der Waals surface area contributed by atoms with Gasteiger partial charge in [0.25, 0.3) is 0 Å². The molecule has 6 atom stereocenters. The number of aliphatic hydroxyl groups excluding tert-OH is 1. The van der Waals surface area contributed by atoms with E-state index in [-0.39, 0.29) is 17.4 Å². The van der Waals surface area contributed by atoms with Crippen molar-refractivity contribution in [2.45, 2.75) is 70.8 Å². The molecule has 4 aliphatic carbocycles. The van der Waals surface area contributed by atoms with Crippen LogP contribution < -0.4 is 0 Å². The summed E-state index contributed by atoms with van der Waals surface area (Å²) in [4.78, 5) is 0. The molecule has 0 amide bonds. The summed E-state index contributed by atoms with van der Waals surface area (Å²) in [5, 5.41) is 20.7. The number of rotatable bonds is 2. The van der Waals surface area contributed by atoms with Crippen LogP contribution in [-0.2, 0) is 0 Å². The van der Waals surface area contributed by atoms with Crippen molar-refractivity contribution in [2.75, 3.05) is 6.61 Å². The fourth-order valence-corrected chi connectivity index (χ4v) is 7.05. The summed E-state index contributed by atoms with van der Waals surface area (Å²) in [6.07, 6.45) is 15.9. The van der Waals surface area contributed by atoms with Crippen LogP contribution in [0.25, 0.3) is 0 Å². The van der Waals surface area contributed by atoms with Gasteiger partial charge in [0.05, 0.1) is 5.60 Å². The van der Waals surface area contributed by atoms with Gasteiger partial charge in [-0.1, -0.05) is 37.6 Å². The van der Waals surface area contributed by atoms with Crippen LogP contribution in [0.15, 0.2) is 23.8 Å². The molecule has 4 rings (SSSR count). The van der Waals surface area contributed by atoms with Crippen molar-refractivity contribution in [3.63, 3.8) is 0 Å². The number of hydrogen-bond donors (Lipinski definition) is 2. The van der Waals surface area contributed by atoms with Gasteiger partial charge in [0, 0.05) is 12.0 Å². The van der Waals surface area contributed by atoms with Gasteiger partial charge in [-0.25, -0.2) is 0 Å². The zero-order chi connectivity index (χ0) is 16.3. The summed E-state index contributed by atoms with van der Waals surface area (Å²) >= 11 is 0. The van der Waals surface area contributed by atoms with E-state index in [2.05, 4.69) is 32.1 Å². The lowest BCUT2D eigenvalue weighted by atomic mass is 9.47. The highest BCUT2D eigenvalue weighted by atomic mass is 16.3. The first kappa shape index (κ1) is 15.9. The molecule has 0 bridgehead atoms. The van der Waals surface area contributed by atoms with Gasteiger partial charge in [-0.15, -0.1) is 0 Å². The second-order valence-electron chi connectivity index (χ2n) is 9.07. The largest absolute Gasteiger partial charge is 0.396 e. The van der Waals surface area contributed by atoms with Crippen molar-refractivity contribution < 1.29 is 10.2 Å². The maximum atomic E-state index is 11.2. The molecule has 0 aromatic heterocycles. The smallest absolute Gasteiger partial charge is 0.0725 e. The fraction of sp³-hybridized carbons (Fsp3) is 0.810. The van der Waals surface area contributed by atoms with E-state index in [0.29, 0.717) is 12.3 Å². The van der Waals surface area contributed by atoms with Crippen molar-refractivity contribution in [3.8, 4) is 0 Å². The summed E-state index contributed by atoms with van der Waals surface area (Å²) in [5.41, 5.74) is 1.30. The molecule has 23 heavy (non-hydrogen) atoms. The Morgan fingerprint density at radius 2 is 1.91 bits per heavy atom. The Kier molecular flexibility index (Phi) is 3.59. The molecule has 2 N–H and O–H groups in total. The van der Waals surface area contributed by atoms with Gasteiger partial charge in [0.1, 0.15) is 0 Å². The van der Waals surface area contributed by atoms with Crippen LogP contribution in [-0.4, -0.2) is 22.4 Å². The Morgan fingerprint density at radius 1 is 1.13 bits per heavy atom. The second kappa shape index (κ2) is 5.20. The minimum atomic E-state index is -0.642. The van der Waals surface area contributed by atoms with Crippen LogP contribution in [0.3, 0.4) is 0 Å². The lowest BCUT2D eigenvalue weighted by molar-refractivity contribution is -0.129. The first-order valence-electron chi connectivity index (χ1n) is 9.65. The molecule has 0 aromatic rings. The van der Waals surface area contributed by atoms with Crippen LogP contribution in [0.2, 0.25) is 0 Å². The highest BCUT2D eigenvalue weighted by Gasteiger charge is 2.63. The van der Waals surface area contributed by atoms with E-state index < -0.39 is 5.60 Å². The molecule has 128 valence electrons. The molecule has 4 aliphatic rings. The van der Waals surface area contributed by atoms with Crippen LogP contribution in [0.4, 0.5) is 0 Å². The fourth-order valence-electron chi connectivity index (χ4n) is 7.05. The van der Waals surface area contributed by atoms with Gasteiger partial charge < -0.3 is 10.2 Å². The molecule has 0 saturated heterocycles. The molecule has 2 heteroatoms. The molecule has 3 saturated carbocycles. The molecule has 2 nitrogen and oxygen atoms in total. The monoisotopic (exact) mass is 316 g/mol. The van der Waals surface area contributed by atoms with Gasteiger partial charge in [-0.2, -0.15) is 0 Å². The molecule has 0 heterocycles. The third-order valence-corrected chi connectivity index (χ3v) is 8.46. The van der Waals surface area contributed by atoms with Crippen molar-refractivity contribution in [1.29, 1.82) is 0 Å². The lowest BCUT2D eigenvalue weighted by Crippen LogP contribution is -2.54. The average molecular weight is 316 g/mol. The number of aliphatic hydroxyl groups is 2. The van der Waals surface area contributed by atoms with Crippen LogP contribution >= 0.6 is 0 Å². The summed E-state index contributed by atoms with van der Waals surface area (Å²) in [7, 11) is 0. The first-order valence-corrected chi connectivity index (χ1v) is 9.65. The minimum Gasteiger partial charge on any atom is -0.396 e. The third-order valence-electron chi connectivity index (χ3n) is 8.46. The Labute approximate surface area is 140 Å². The Balaban J connectivity index is 1.67. The van der Waals surface area contributed by atoms with Gasteiger partial charge in [-0.3, -0.25) is 0 Å². The Hall–Kier alpha value is -0.600. The van der Waals surface area contributed by atoms with Gasteiger partial charge >= 0.3 is 0 Å². The van der Waals surface area contributed by atoms with E-state index >= 15 is 0 Å². The van der Waals surface area contributed by atoms with E-state index in [9.17, 15) is 10.2 Å². The van der Waals surface area contributed by atoms with Crippen molar-refractivity contribution in [3.05, 3.63) is 23.8 Å². The van der Waals surface area contributed by atoms with Crippen LogP contribution in [0.1, 0.15) is 65.2 Å². The van der Waals surface area contributed by atoms with E-state index in [4.69, 9.17) is 0 Å². The van der Waals surface area contributed by atoms with Crippen LogP contribution in [0.5, 0.6) is 0 Å². The average Bonchev–Trinajstić information content (AvgIpc) is 2.79. The van der Waals surface area contributed by atoms with E-state index in [0.717, 1.165) is 37.5 Å². The molecule has 0 unspecified atom stereocenters. The zero-order valence-corrected chi connectivity index (χ0v) is 14.7. The van der Waals surface area contributed by atoms with Crippen LogP contribution in [0, 0.1) is 28.6 Å². The molecule has 0 radical (unpaired) electrons. The van der Waals surface area contributed by atoms with Crippen molar-refractivity contribution in [1.82, 2.24) is 0 Å². The second-order valence-corrected chi connectivity index (χ2v) is 9.07. The molecule has 0 aliphatic heterocycles. The quantitative estimate of drug-likeness (QED) is 0.749. The van der Waals surface area contributed by atoms with Gasteiger partial charge in [0.2, 0.25) is 0 Å². The standard InChI is InChI=1S/C21H32O2/c1-19-10-4-3-5-15(19)6-7-16-17(19)8-11-20(2)18(16)9-12-21(20,23)13-14-22/h4-5,10,16-18,22-23H,3,6-9,11-14H2,1-2H3/t16-,17+,18+,19+,20+,21+/m1/s1. The number of allylic oxidation sites excluding steroid dienone is 4. The normalized spacial score (nSPS) is 51.7. The third kappa shape index (κ3) is 2.00. The van der Waals surface area contributed by atoms with E-state index in [1.54, 1.807) is 5.57 Å². The van der Waals surface area contributed by atoms with E-state index in [1.165, 1.54) is 19.3 Å². The highest BCUT2D eigenvalue weighted by molar-refractivity contribution is 5.31. The summed E-state index contributed by atoms with van der Waals surface area (Å²) in [6.45, 7) is 4.89. The van der Waals surface area contributed by atoms with E-state index in [1.807, 2.05) is 0 Å². The Bertz CT molecular complexity index is 550. The Morgan fingerprint density at radius 3 is 2.70 bits per heavy atom. The molecule has 0 spiro atoms. The molecular weight excluding hydrogens is 284 g/mol. The predicted molar refractivity (Wildman–Crippen MR) is 92.9 cm³/mol. The molecule has 0 aromatic carbocycles. The van der Waals surface area contributed by atoms with Crippen molar-refractivity contribution >= 4 is 0 Å². The predicted octanol–water partition coefficient (Wildman–Crippen LogP) is 4.23. The SMILES string of the molecule is C[C@]12C=CCC=C1CC[C@@H]1[C@@H]2CC[C@@]2(C)[C@H]1CC[C@]2(O)CCO. The summed E-state index contributed by atoms with van der Waals surface area (Å²) in [5.74, 6) is 2.12. The highest BCUT2D eigenvalue weighted by Crippen LogP contribution is 2.67. The minimum absolute atomic E-state index is 0.00680. The number of hydrogen-bond acceptors (Lipinski definition) is 2. The maximum absolute atomic E-state index is 11.2. The first-order chi connectivity index (χ1) is 10.9. The lowest BCUT2D eigenvalue weighted by Gasteiger charge is -2.58. The summed E-state index contributed by atoms with van der Waals surface area (Å²) in [6, 6.07) is 0. The number of fused-ring (bicyclic) bond motifs is 5. The van der Waals surface area contributed by atoms with Crippen molar-refractivity contribution in [2.24, 2.45) is 28.6 Å². The van der Waals surface area contributed by atoms with Gasteiger partial charge in [-0.05, 0) is 74.5 Å². The maximum Gasteiger partial charge on any atom is 0.0725 e. The molecular formula is C21H32O2. The molecule has 3 fully saturated rings. The zero-order valence-electron chi connectivity index (χ0n) is 14.7. The summed E-state index contributed by atoms with van der Waals surface area (Å²) < 4.78 is 0. The van der Waals surface area contributed by atoms with Gasteiger partial charge in [0.15, 0.2) is 0 Å².